The zero-order chi connectivity index (χ0) is 25.0. The van der Waals surface area contributed by atoms with Crippen molar-refractivity contribution in [3.8, 4) is 0 Å². The highest BCUT2D eigenvalue weighted by Gasteiger charge is 2.26. The van der Waals surface area contributed by atoms with Crippen molar-refractivity contribution in [2.24, 2.45) is 0 Å². The van der Waals surface area contributed by atoms with Crippen molar-refractivity contribution < 1.29 is 19.2 Å². The Morgan fingerprint density at radius 1 is 0.686 bits per heavy atom. The predicted octanol–water partition coefficient (Wildman–Crippen LogP) is 2.46. The number of carbonyl (C=O) groups is 4. The molecule has 0 radical (unpaired) electrons. The molecule has 0 aliphatic rings. The molecule has 3 aromatic rings. The van der Waals surface area contributed by atoms with Gasteiger partial charge in [0.2, 0.25) is 11.8 Å². The Morgan fingerprint density at radius 3 is 1.74 bits per heavy atom. The summed E-state index contributed by atoms with van der Waals surface area (Å²) in [5, 5.41) is 8.11. The summed E-state index contributed by atoms with van der Waals surface area (Å²) in [5.74, 6) is -1.37. The normalized spacial score (nSPS) is 13.1. The van der Waals surface area contributed by atoms with Crippen molar-refractivity contribution in [2.75, 3.05) is 0 Å². The fraction of sp³-hybridized carbons (Fsp3) is 0.214. The minimum absolute atomic E-state index is 0.255. The quantitative estimate of drug-likeness (QED) is 0.374. The minimum Gasteiger partial charge on any atom is -0.344 e. The van der Waals surface area contributed by atoms with Gasteiger partial charge in [-0.2, -0.15) is 0 Å². The van der Waals surface area contributed by atoms with Crippen molar-refractivity contribution in [1.29, 1.82) is 0 Å². The summed E-state index contributed by atoms with van der Waals surface area (Å²) in [6.45, 7) is 1.54. The summed E-state index contributed by atoms with van der Waals surface area (Å²) < 4.78 is 0. The second-order valence-electron chi connectivity index (χ2n) is 8.25. The standard InChI is InChI=1S/C28H29N3O4/c1-20(26(33)30-24(19-32)17-21-11-5-2-6-12-21)29-28(35)25(18-22-13-7-3-8-14-22)31-27(34)23-15-9-4-10-16-23/h2-16,19-20,24-25H,17-18H2,1H3,(H,29,35)(H,30,33)(H,31,34)/t20-,24-,25-/m0/s1. The van der Waals surface area contributed by atoms with Gasteiger partial charge in [0.25, 0.3) is 5.91 Å². The maximum Gasteiger partial charge on any atom is 0.251 e. The monoisotopic (exact) mass is 471 g/mol. The van der Waals surface area contributed by atoms with Crippen LogP contribution in [0.5, 0.6) is 0 Å². The highest BCUT2D eigenvalue weighted by Crippen LogP contribution is 2.07. The van der Waals surface area contributed by atoms with E-state index in [1.807, 2.05) is 60.7 Å². The molecule has 0 unspecified atom stereocenters. The summed E-state index contributed by atoms with van der Waals surface area (Å²) in [7, 11) is 0. The fourth-order valence-electron chi connectivity index (χ4n) is 3.58. The van der Waals surface area contributed by atoms with Gasteiger partial charge in [0, 0.05) is 12.0 Å². The zero-order valence-electron chi connectivity index (χ0n) is 19.5. The van der Waals surface area contributed by atoms with Crippen molar-refractivity contribution in [2.45, 2.75) is 37.9 Å². The van der Waals surface area contributed by atoms with E-state index in [4.69, 9.17) is 0 Å². The third kappa shape index (κ3) is 7.92. The molecule has 0 spiro atoms. The van der Waals surface area contributed by atoms with Crippen LogP contribution >= 0.6 is 0 Å². The van der Waals surface area contributed by atoms with E-state index in [2.05, 4.69) is 16.0 Å². The van der Waals surface area contributed by atoms with Gasteiger partial charge in [-0.3, -0.25) is 14.4 Å². The molecular weight excluding hydrogens is 442 g/mol. The Bertz CT molecular complexity index is 1120. The van der Waals surface area contributed by atoms with Crippen LogP contribution in [0.1, 0.15) is 28.4 Å². The summed E-state index contributed by atoms with van der Waals surface area (Å²) in [5.41, 5.74) is 2.20. The van der Waals surface area contributed by atoms with Gasteiger partial charge in [-0.15, -0.1) is 0 Å². The first-order chi connectivity index (χ1) is 17.0. The van der Waals surface area contributed by atoms with Crippen LogP contribution in [-0.4, -0.2) is 42.1 Å². The molecule has 0 saturated heterocycles. The summed E-state index contributed by atoms with van der Waals surface area (Å²) in [6, 6.07) is 24.7. The molecule has 0 saturated carbocycles. The Labute approximate surface area is 204 Å². The molecule has 3 rings (SSSR count). The largest absolute Gasteiger partial charge is 0.344 e. The molecule has 0 aliphatic heterocycles. The van der Waals surface area contributed by atoms with Gasteiger partial charge in [0.05, 0.1) is 6.04 Å². The van der Waals surface area contributed by atoms with E-state index in [1.54, 1.807) is 30.3 Å². The van der Waals surface area contributed by atoms with Gasteiger partial charge in [0.15, 0.2) is 0 Å². The SMILES string of the molecule is C[C@H](NC(=O)[C@H](Cc1ccccc1)NC(=O)c1ccccc1)C(=O)N[C@H](C=O)Cc1ccccc1. The average Bonchev–Trinajstić information content (AvgIpc) is 2.89. The number of carbonyl (C=O) groups excluding carboxylic acids is 4. The topological polar surface area (TPSA) is 104 Å². The Balaban J connectivity index is 1.65. The van der Waals surface area contributed by atoms with E-state index in [9.17, 15) is 19.2 Å². The molecule has 3 atom stereocenters. The molecule has 3 N–H and O–H groups in total. The lowest BCUT2D eigenvalue weighted by molar-refractivity contribution is -0.130. The molecule has 0 bridgehead atoms. The van der Waals surface area contributed by atoms with Gasteiger partial charge in [0.1, 0.15) is 18.4 Å². The van der Waals surface area contributed by atoms with E-state index in [0.717, 1.165) is 11.1 Å². The average molecular weight is 472 g/mol. The van der Waals surface area contributed by atoms with Crippen LogP contribution in [0.2, 0.25) is 0 Å². The molecule has 7 nitrogen and oxygen atoms in total. The Kier molecular flexibility index (Phi) is 9.31. The number of hydrogen-bond acceptors (Lipinski definition) is 4. The second-order valence-corrected chi connectivity index (χ2v) is 8.25. The van der Waals surface area contributed by atoms with Gasteiger partial charge in [-0.25, -0.2) is 0 Å². The summed E-state index contributed by atoms with van der Waals surface area (Å²) in [6.07, 6.45) is 1.28. The lowest BCUT2D eigenvalue weighted by Crippen LogP contribution is -2.54. The van der Waals surface area contributed by atoms with Gasteiger partial charge in [-0.1, -0.05) is 78.9 Å². The number of aldehydes is 1. The molecule has 0 aliphatic carbocycles. The first kappa shape index (κ1) is 25.4. The minimum atomic E-state index is -0.910. The number of hydrogen-bond donors (Lipinski definition) is 3. The first-order valence-electron chi connectivity index (χ1n) is 11.5. The van der Waals surface area contributed by atoms with Crippen LogP contribution in [0.3, 0.4) is 0 Å². The van der Waals surface area contributed by atoms with Crippen molar-refractivity contribution in [1.82, 2.24) is 16.0 Å². The molecule has 0 aromatic heterocycles. The predicted molar refractivity (Wildman–Crippen MR) is 134 cm³/mol. The molecule has 35 heavy (non-hydrogen) atoms. The summed E-state index contributed by atoms with van der Waals surface area (Å²) in [4.78, 5) is 50.0. The molecule has 7 heteroatoms. The summed E-state index contributed by atoms with van der Waals surface area (Å²) >= 11 is 0. The Hall–Kier alpha value is -4.26. The van der Waals surface area contributed by atoms with Crippen molar-refractivity contribution >= 4 is 24.0 Å². The molecule has 3 aromatic carbocycles. The first-order valence-corrected chi connectivity index (χ1v) is 11.5. The molecule has 0 fully saturated rings. The lowest BCUT2D eigenvalue weighted by Gasteiger charge is -2.22. The zero-order valence-corrected chi connectivity index (χ0v) is 19.5. The van der Waals surface area contributed by atoms with Gasteiger partial charge < -0.3 is 20.7 Å². The highest BCUT2D eigenvalue weighted by atomic mass is 16.2. The smallest absolute Gasteiger partial charge is 0.251 e. The van der Waals surface area contributed by atoms with Crippen molar-refractivity contribution in [3.63, 3.8) is 0 Å². The molecule has 180 valence electrons. The van der Waals surface area contributed by atoms with Crippen LogP contribution in [-0.2, 0) is 27.2 Å². The van der Waals surface area contributed by atoms with Crippen LogP contribution in [0, 0.1) is 0 Å². The van der Waals surface area contributed by atoms with E-state index in [1.165, 1.54) is 6.92 Å². The second kappa shape index (κ2) is 12.8. The van der Waals surface area contributed by atoms with E-state index in [0.29, 0.717) is 18.3 Å². The van der Waals surface area contributed by atoms with Crippen LogP contribution in [0.15, 0.2) is 91.0 Å². The van der Waals surface area contributed by atoms with Crippen LogP contribution in [0.25, 0.3) is 0 Å². The molecule has 0 heterocycles. The molecular formula is C28H29N3O4. The number of nitrogens with one attached hydrogen (secondary N) is 3. The van der Waals surface area contributed by atoms with E-state index in [-0.39, 0.29) is 12.3 Å². The van der Waals surface area contributed by atoms with Gasteiger partial charge >= 0.3 is 0 Å². The lowest BCUT2D eigenvalue weighted by atomic mass is 10.0. The maximum absolute atomic E-state index is 13.1. The third-order valence-electron chi connectivity index (χ3n) is 5.48. The maximum atomic E-state index is 13.1. The number of rotatable bonds is 11. The van der Waals surface area contributed by atoms with E-state index < -0.39 is 29.9 Å². The molecule has 3 amide bonds. The van der Waals surface area contributed by atoms with Crippen LogP contribution < -0.4 is 16.0 Å². The van der Waals surface area contributed by atoms with Crippen molar-refractivity contribution in [3.05, 3.63) is 108 Å². The highest BCUT2D eigenvalue weighted by molar-refractivity contribution is 5.98. The van der Waals surface area contributed by atoms with E-state index >= 15 is 0 Å². The number of amides is 3. The number of benzene rings is 3. The Morgan fingerprint density at radius 2 is 1.20 bits per heavy atom. The fourth-order valence-corrected chi connectivity index (χ4v) is 3.58. The third-order valence-corrected chi connectivity index (χ3v) is 5.48. The van der Waals surface area contributed by atoms with Crippen LogP contribution in [0.4, 0.5) is 0 Å². The van der Waals surface area contributed by atoms with Gasteiger partial charge in [-0.05, 0) is 36.6 Å².